The Balaban J connectivity index is 1.38. The van der Waals surface area contributed by atoms with E-state index < -0.39 is 12.1 Å². The van der Waals surface area contributed by atoms with E-state index >= 15 is 0 Å². The van der Waals surface area contributed by atoms with E-state index in [0.29, 0.717) is 12.4 Å². The summed E-state index contributed by atoms with van der Waals surface area (Å²) in [4.78, 5) is 20.2. The van der Waals surface area contributed by atoms with Gasteiger partial charge in [-0.05, 0) is 64.2 Å². The molecule has 0 amide bonds. The van der Waals surface area contributed by atoms with Gasteiger partial charge in [0.2, 0.25) is 5.89 Å². The second-order valence-electron chi connectivity index (χ2n) is 8.37. The van der Waals surface area contributed by atoms with Crippen molar-refractivity contribution in [2.24, 2.45) is 10.9 Å². The van der Waals surface area contributed by atoms with Gasteiger partial charge in [0.1, 0.15) is 24.2 Å². The van der Waals surface area contributed by atoms with Crippen LogP contribution in [0.2, 0.25) is 0 Å². The van der Waals surface area contributed by atoms with E-state index in [1.165, 1.54) is 30.6 Å². The number of aromatic nitrogens is 1. The monoisotopic (exact) mass is 598 g/mol. The number of hydrogen-bond acceptors (Lipinski definition) is 7. The van der Waals surface area contributed by atoms with E-state index in [-0.39, 0.29) is 17.5 Å². The molecule has 0 aliphatic heterocycles. The standard InChI is InChI=1S/C28H27IN2O5/c1-34-28(33)25(8-5-13-29)30-16-24-17-31-27(36-24)26(32)22-10-9-21-15-23(12-11-20(21)14-22)35-18-19-6-3-2-4-7-19/h2-8,11-13,15-17,22,26,32H,9-10,14,18H2,1H3/b13-5-,25-8-,30-16?. The minimum absolute atomic E-state index is 0.0173. The number of oxazole rings is 1. The van der Waals surface area contributed by atoms with Crippen LogP contribution in [-0.4, -0.2) is 29.4 Å². The molecule has 0 saturated carbocycles. The molecule has 1 aromatic heterocycles. The summed E-state index contributed by atoms with van der Waals surface area (Å²) in [5.41, 5.74) is 3.69. The number of fused-ring (bicyclic) bond motifs is 1. The lowest BCUT2D eigenvalue weighted by atomic mass is 9.81. The number of aryl methyl sites for hydroxylation is 1. The molecular formula is C28H27IN2O5. The van der Waals surface area contributed by atoms with Crippen molar-refractivity contribution in [2.75, 3.05) is 7.11 Å². The van der Waals surface area contributed by atoms with Crippen molar-refractivity contribution in [3.05, 3.63) is 105 Å². The van der Waals surface area contributed by atoms with E-state index in [4.69, 9.17) is 13.9 Å². The number of aliphatic hydroxyl groups is 1. The number of ether oxygens (including phenoxy) is 2. The van der Waals surface area contributed by atoms with Gasteiger partial charge < -0.3 is 19.0 Å². The molecule has 1 aliphatic rings. The van der Waals surface area contributed by atoms with Crippen molar-refractivity contribution < 1.29 is 23.8 Å². The third-order valence-corrected chi connectivity index (χ3v) is 6.40. The minimum atomic E-state index is -0.841. The Kier molecular flexibility index (Phi) is 9.07. The van der Waals surface area contributed by atoms with Crippen molar-refractivity contribution in [3.63, 3.8) is 0 Å². The fraction of sp³-hybridized carbons (Fsp3) is 0.250. The number of esters is 1. The van der Waals surface area contributed by atoms with Gasteiger partial charge in [0, 0.05) is 0 Å². The van der Waals surface area contributed by atoms with Crippen LogP contribution in [0.5, 0.6) is 5.75 Å². The maximum atomic E-state index is 11.8. The summed E-state index contributed by atoms with van der Waals surface area (Å²) >= 11 is 2.04. The van der Waals surface area contributed by atoms with Crippen LogP contribution in [0.3, 0.4) is 0 Å². The van der Waals surface area contributed by atoms with Gasteiger partial charge in [-0.1, -0.05) is 65.1 Å². The molecule has 8 heteroatoms. The van der Waals surface area contributed by atoms with Crippen molar-refractivity contribution in [2.45, 2.75) is 32.0 Å². The zero-order chi connectivity index (χ0) is 25.3. The van der Waals surface area contributed by atoms with Gasteiger partial charge in [0.25, 0.3) is 0 Å². The van der Waals surface area contributed by atoms with Gasteiger partial charge in [0.15, 0.2) is 5.76 Å². The van der Waals surface area contributed by atoms with Gasteiger partial charge in [-0.15, -0.1) is 0 Å². The van der Waals surface area contributed by atoms with Crippen LogP contribution < -0.4 is 4.74 Å². The Morgan fingerprint density at radius 2 is 2.11 bits per heavy atom. The first-order valence-corrected chi connectivity index (χ1v) is 12.8. The predicted octanol–water partition coefficient (Wildman–Crippen LogP) is 5.52. The van der Waals surface area contributed by atoms with Crippen LogP contribution in [0.4, 0.5) is 0 Å². The number of allylic oxidation sites excluding steroid dienone is 2. The number of nitrogens with zero attached hydrogens (tertiary/aromatic N) is 2. The van der Waals surface area contributed by atoms with E-state index in [0.717, 1.165) is 30.6 Å². The number of aliphatic imine (C=N–C) groups is 1. The van der Waals surface area contributed by atoms with Crippen molar-refractivity contribution in [1.29, 1.82) is 0 Å². The van der Waals surface area contributed by atoms with Gasteiger partial charge in [-0.2, -0.15) is 0 Å². The Morgan fingerprint density at radius 3 is 2.89 bits per heavy atom. The number of methoxy groups -OCH3 is 1. The highest BCUT2D eigenvalue weighted by atomic mass is 127. The van der Waals surface area contributed by atoms with Crippen LogP contribution in [-0.2, 0) is 29.0 Å². The van der Waals surface area contributed by atoms with Gasteiger partial charge in [0.05, 0.1) is 19.5 Å². The fourth-order valence-electron chi connectivity index (χ4n) is 4.09. The maximum absolute atomic E-state index is 11.8. The Morgan fingerprint density at radius 1 is 1.28 bits per heavy atom. The second-order valence-corrected chi connectivity index (χ2v) is 9.09. The molecule has 4 rings (SSSR count). The van der Waals surface area contributed by atoms with Crippen molar-refractivity contribution in [1.82, 2.24) is 4.98 Å². The highest BCUT2D eigenvalue weighted by Gasteiger charge is 2.29. The Labute approximate surface area is 223 Å². The highest BCUT2D eigenvalue weighted by Crippen LogP contribution is 2.35. The molecule has 3 aromatic rings. The summed E-state index contributed by atoms with van der Waals surface area (Å²) in [5.74, 6) is 0.853. The molecule has 0 fully saturated rings. The second kappa shape index (κ2) is 12.6. The molecule has 0 saturated heterocycles. The van der Waals surface area contributed by atoms with Crippen LogP contribution in [0.15, 0.2) is 86.1 Å². The van der Waals surface area contributed by atoms with E-state index in [1.54, 1.807) is 16.2 Å². The minimum Gasteiger partial charge on any atom is -0.489 e. The molecule has 2 unspecified atom stereocenters. The normalized spacial score (nSPS) is 16.8. The number of aliphatic hydroxyl groups excluding tert-OH is 1. The van der Waals surface area contributed by atoms with Crippen LogP contribution in [0.25, 0.3) is 0 Å². The number of rotatable bonds is 9. The average molecular weight is 598 g/mol. The van der Waals surface area contributed by atoms with Gasteiger partial charge in [-0.25, -0.2) is 14.8 Å². The van der Waals surface area contributed by atoms with E-state index in [2.05, 4.69) is 22.1 Å². The molecule has 186 valence electrons. The van der Waals surface area contributed by atoms with Crippen LogP contribution in [0.1, 0.15) is 40.9 Å². The lowest BCUT2D eigenvalue weighted by Crippen LogP contribution is -2.21. The first-order chi connectivity index (χ1) is 17.6. The molecule has 0 bridgehead atoms. The maximum Gasteiger partial charge on any atom is 0.356 e. The number of benzene rings is 2. The van der Waals surface area contributed by atoms with Crippen LogP contribution >= 0.6 is 22.6 Å². The molecule has 0 spiro atoms. The van der Waals surface area contributed by atoms with Crippen molar-refractivity contribution >= 4 is 34.8 Å². The summed E-state index contributed by atoms with van der Waals surface area (Å²) in [7, 11) is 1.29. The lowest BCUT2D eigenvalue weighted by molar-refractivity contribution is -0.136. The molecule has 0 radical (unpaired) electrons. The smallest absolute Gasteiger partial charge is 0.356 e. The number of carbonyl (C=O) groups is 1. The molecule has 1 N–H and O–H groups in total. The summed E-state index contributed by atoms with van der Waals surface area (Å²) in [5, 5.41) is 10.9. The van der Waals surface area contributed by atoms with Gasteiger partial charge >= 0.3 is 5.97 Å². The van der Waals surface area contributed by atoms with E-state index in [9.17, 15) is 9.90 Å². The first-order valence-electron chi connectivity index (χ1n) is 11.6. The summed E-state index contributed by atoms with van der Waals surface area (Å²) in [6.45, 7) is 0.530. The highest BCUT2D eigenvalue weighted by molar-refractivity contribution is 14.1. The van der Waals surface area contributed by atoms with Gasteiger partial charge in [-0.3, -0.25) is 0 Å². The molecular weight excluding hydrogens is 571 g/mol. The molecule has 7 nitrogen and oxygen atoms in total. The Hall–Kier alpha value is -3.24. The molecule has 36 heavy (non-hydrogen) atoms. The summed E-state index contributed by atoms with van der Waals surface area (Å²) in [6, 6.07) is 16.2. The zero-order valence-electron chi connectivity index (χ0n) is 19.8. The summed E-state index contributed by atoms with van der Waals surface area (Å²) in [6.07, 6.45) is 7.62. The molecule has 2 atom stereocenters. The predicted molar refractivity (Wildman–Crippen MR) is 145 cm³/mol. The van der Waals surface area contributed by atoms with Crippen molar-refractivity contribution in [3.8, 4) is 5.75 Å². The number of carbonyl (C=O) groups excluding carboxylic acids is 1. The van der Waals surface area contributed by atoms with Crippen LogP contribution in [0, 0.1) is 5.92 Å². The number of hydrogen-bond donors (Lipinski definition) is 1. The largest absolute Gasteiger partial charge is 0.489 e. The fourth-order valence-corrected chi connectivity index (χ4v) is 4.30. The molecule has 2 aromatic carbocycles. The SMILES string of the molecule is COC(=O)/C(=C/C=C\I)N=Cc1cnc(C(O)C2CCc3cc(OCc4ccccc4)ccc3C2)o1. The third kappa shape index (κ3) is 6.70. The topological polar surface area (TPSA) is 94.2 Å². The number of halogens is 1. The molecule has 1 heterocycles. The summed E-state index contributed by atoms with van der Waals surface area (Å²) < 4.78 is 18.2. The quantitative estimate of drug-likeness (QED) is 0.115. The molecule has 1 aliphatic carbocycles. The third-order valence-electron chi connectivity index (χ3n) is 5.99. The van der Waals surface area contributed by atoms with E-state index in [1.807, 2.05) is 59.0 Å². The average Bonchev–Trinajstić information content (AvgIpc) is 3.40. The Bertz CT molecular complexity index is 1270. The lowest BCUT2D eigenvalue weighted by Gasteiger charge is -2.27. The first kappa shape index (κ1) is 25.8. The zero-order valence-corrected chi connectivity index (χ0v) is 22.0.